The number of nitrogens with zero attached hydrogens (tertiary/aromatic N) is 1. The molecule has 56 valence electrons. The molecule has 0 bridgehead atoms. The van der Waals surface area contributed by atoms with Crippen LogP contribution in [0.4, 0.5) is 0 Å². The first-order valence-corrected chi connectivity index (χ1v) is 3.14. The molecule has 0 aliphatic carbocycles. The molecule has 3 nitrogen and oxygen atoms in total. The van der Waals surface area contributed by atoms with Gasteiger partial charge in [-0.1, -0.05) is 13.8 Å². The van der Waals surface area contributed by atoms with E-state index in [1.165, 1.54) is 0 Å². The second-order valence-corrected chi connectivity index (χ2v) is 2.53. The number of aliphatic hydroxyl groups excluding tert-OH is 2. The molecule has 0 heterocycles. The molecular weight excluding hydrogens is 118 g/mol. The third kappa shape index (κ3) is 4.39. The Balaban J connectivity index is 3.31. The van der Waals surface area contributed by atoms with Crippen LogP contribution < -0.4 is 0 Å². The summed E-state index contributed by atoms with van der Waals surface area (Å²) >= 11 is 0. The van der Waals surface area contributed by atoms with Crippen LogP contribution in [0, 0.1) is 5.92 Å². The van der Waals surface area contributed by atoms with Crippen molar-refractivity contribution in [3.8, 4) is 0 Å². The Kier molecular flexibility index (Phi) is 4.67. The van der Waals surface area contributed by atoms with Crippen molar-refractivity contribution < 1.29 is 10.2 Å². The van der Waals surface area contributed by atoms with E-state index in [0.29, 0.717) is 5.92 Å². The third-order valence-corrected chi connectivity index (χ3v) is 1.02. The van der Waals surface area contributed by atoms with E-state index < -0.39 is 0 Å². The summed E-state index contributed by atoms with van der Waals surface area (Å²) in [6, 6.07) is 0. The highest BCUT2D eigenvalue weighted by Gasteiger charge is 2.01. The van der Waals surface area contributed by atoms with Crippen LogP contribution in [-0.2, 0) is 0 Å². The van der Waals surface area contributed by atoms with Crippen molar-refractivity contribution in [1.82, 2.24) is 4.90 Å². The first kappa shape index (κ1) is 8.88. The van der Waals surface area contributed by atoms with E-state index in [0.717, 1.165) is 6.54 Å². The van der Waals surface area contributed by atoms with Crippen LogP contribution in [0.1, 0.15) is 13.8 Å². The minimum absolute atomic E-state index is 0.0608. The van der Waals surface area contributed by atoms with Gasteiger partial charge >= 0.3 is 0 Å². The molecule has 0 spiro atoms. The Hall–Kier alpha value is -0.120. The van der Waals surface area contributed by atoms with Crippen LogP contribution in [0.3, 0.4) is 0 Å². The summed E-state index contributed by atoms with van der Waals surface area (Å²) in [4.78, 5) is 1.56. The van der Waals surface area contributed by atoms with Crippen LogP contribution in [0.15, 0.2) is 0 Å². The standard InChI is InChI=1S/C6H15NO2/c1-6(2)3-7(4-8)5-9/h6,8-9H,3-5H2,1-2H3. The van der Waals surface area contributed by atoms with Crippen molar-refractivity contribution in [2.75, 3.05) is 20.0 Å². The fourth-order valence-corrected chi connectivity index (χ4v) is 0.677. The Bertz CT molecular complexity index is 62.1. The monoisotopic (exact) mass is 133 g/mol. The van der Waals surface area contributed by atoms with Crippen molar-refractivity contribution in [2.24, 2.45) is 5.92 Å². The van der Waals surface area contributed by atoms with E-state index in [1.54, 1.807) is 4.90 Å². The minimum atomic E-state index is -0.0608. The highest BCUT2D eigenvalue weighted by Crippen LogP contribution is 1.94. The number of rotatable bonds is 4. The van der Waals surface area contributed by atoms with E-state index in [9.17, 15) is 0 Å². The molecule has 0 rings (SSSR count). The maximum atomic E-state index is 8.54. The van der Waals surface area contributed by atoms with Gasteiger partial charge in [-0.15, -0.1) is 0 Å². The molecule has 0 amide bonds. The van der Waals surface area contributed by atoms with Gasteiger partial charge in [-0.05, 0) is 5.92 Å². The molecule has 0 unspecified atom stereocenters. The van der Waals surface area contributed by atoms with Gasteiger partial charge in [0.05, 0.1) is 13.5 Å². The van der Waals surface area contributed by atoms with Crippen LogP contribution in [0.25, 0.3) is 0 Å². The minimum Gasteiger partial charge on any atom is -0.381 e. The molecule has 0 aliphatic heterocycles. The van der Waals surface area contributed by atoms with E-state index in [1.807, 2.05) is 13.8 Å². The molecule has 3 heteroatoms. The third-order valence-electron chi connectivity index (χ3n) is 1.02. The SMILES string of the molecule is CC(C)CN(CO)CO. The van der Waals surface area contributed by atoms with Gasteiger partial charge in [0.1, 0.15) is 0 Å². The Labute approximate surface area is 55.9 Å². The summed E-state index contributed by atoms with van der Waals surface area (Å²) in [5.41, 5.74) is 0. The predicted molar refractivity (Wildman–Crippen MR) is 35.7 cm³/mol. The van der Waals surface area contributed by atoms with Crippen molar-refractivity contribution >= 4 is 0 Å². The van der Waals surface area contributed by atoms with E-state index in [2.05, 4.69) is 0 Å². The fourth-order valence-electron chi connectivity index (χ4n) is 0.677. The van der Waals surface area contributed by atoms with Gasteiger partial charge in [0.15, 0.2) is 0 Å². The molecule has 0 radical (unpaired) electrons. The molecule has 0 aromatic carbocycles. The van der Waals surface area contributed by atoms with Crippen LogP contribution >= 0.6 is 0 Å². The lowest BCUT2D eigenvalue weighted by atomic mass is 10.2. The zero-order valence-electron chi connectivity index (χ0n) is 6.04. The van der Waals surface area contributed by atoms with Crippen LogP contribution in [0.5, 0.6) is 0 Å². The molecule has 9 heavy (non-hydrogen) atoms. The molecule has 2 N–H and O–H groups in total. The molecule has 0 aromatic heterocycles. The smallest absolute Gasteiger partial charge is 0.0974 e. The Morgan fingerprint density at radius 1 is 1.22 bits per heavy atom. The second kappa shape index (κ2) is 4.73. The highest BCUT2D eigenvalue weighted by molar-refractivity contribution is 4.49. The summed E-state index contributed by atoms with van der Waals surface area (Å²) in [5, 5.41) is 17.1. The highest BCUT2D eigenvalue weighted by atomic mass is 16.3. The van der Waals surface area contributed by atoms with Gasteiger partial charge in [-0.3, -0.25) is 4.90 Å². The fraction of sp³-hybridized carbons (Fsp3) is 1.00. The summed E-state index contributed by atoms with van der Waals surface area (Å²) in [6.07, 6.45) is 0. The normalized spacial score (nSPS) is 11.3. The average molecular weight is 133 g/mol. The lowest BCUT2D eigenvalue weighted by Gasteiger charge is -2.17. The van der Waals surface area contributed by atoms with E-state index in [-0.39, 0.29) is 13.5 Å². The average Bonchev–Trinajstić information content (AvgIpc) is 1.82. The summed E-state index contributed by atoms with van der Waals surface area (Å²) in [7, 11) is 0. The Morgan fingerprint density at radius 2 is 1.67 bits per heavy atom. The van der Waals surface area contributed by atoms with Gasteiger partial charge < -0.3 is 10.2 Å². The number of hydrogen-bond donors (Lipinski definition) is 2. The summed E-state index contributed by atoms with van der Waals surface area (Å²) < 4.78 is 0. The molecule has 0 aromatic rings. The lowest BCUT2D eigenvalue weighted by Crippen LogP contribution is -2.29. The van der Waals surface area contributed by atoms with Crippen LogP contribution in [-0.4, -0.2) is 35.1 Å². The zero-order chi connectivity index (χ0) is 7.28. The van der Waals surface area contributed by atoms with Crippen LogP contribution in [0.2, 0.25) is 0 Å². The van der Waals surface area contributed by atoms with Gasteiger partial charge in [0.25, 0.3) is 0 Å². The number of hydrogen-bond acceptors (Lipinski definition) is 3. The van der Waals surface area contributed by atoms with Gasteiger partial charge in [-0.2, -0.15) is 0 Å². The van der Waals surface area contributed by atoms with Gasteiger partial charge in [0, 0.05) is 6.54 Å². The molecule has 0 saturated carbocycles. The second-order valence-electron chi connectivity index (χ2n) is 2.53. The maximum absolute atomic E-state index is 8.54. The van der Waals surface area contributed by atoms with Crippen molar-refractivity contribution in [2.45, 2.75) is 13.8 Å². The zero-order valence-corrected chi connectivity index (χ0v) is 6.04. The van der Waals surface area contributed by atoms with Crippen molar-refractivity contribution in [1.29, 1.82) is 0 Å². The summed E-state index contributed by atoms with van der Waals surface area (Å²) in [6.45, 7) is 4.70. The molecule has 0 aliphatic rings. The quantitative estimate of drug-likeness (QED) is 0.524. The molecular formula is C6H15NO2. The number of aliphatic hydroxyl groups is 2. The van der Waals surface area contributed by atoms with Gasteiger partial charge in [-0.25, -0.2) is 0 Å². The first-order valence-electron chi connectivity index (χ1n) is 3.14. The first-order chi connectivity index (χ1) is 4.20. The lowest BCUT2D eigenvalue weighted by molar-refractivity contribution is 0.0215. The molecule has 0 fully saturated rings. The Morgan fingerprint density at radius 3 is 1.78 bits per heavy atom. The maximum Gasteiger partial charge on any atom is 0.0974 e. The van der Waals surface area contributed by atoms with E-state index in [4.69, 9.17) is 10.2 Å². The topological polar surface area (TPSA) is 43.7 Å². The van der Waals surface area contributed by atoms with Crippen molar-refractivity contribution in [3.05, 3.63) is 0 Å². The van der Waals surface area contributed by atoms with E-state index >= 15 is 0 Å². The predicted octanol–water partition coefficient (Wildman–Crippen LogP) is -0.156. The van der Waals surface area contributed by atoms with Gasteiger partial charge in [0.2, 0.25) is 0 Å². The molecule has 0 atom stereocenters. The van der Waals surface area contributed by atoms with Crippen molar-refractivity contribution in [3.63, 3.8) is 0 Å². The summed E-state index contributed by atoms with van der Waals surface area (Å²) in [5.74, 6) is 0.490. The molecule has 0 saturated heterocycles. The largest absolute Gasteiger partial charge is 0.381 e.